The Morgan fingerprint density at radius 2 is 2.00 bits per heavy atom. The Balaban J connectivity index is 2.29. The van der Waals surface area contributed by atoms with Crippen LogP contribution in [0.2, 0.25) is 0 Å². The summed E-state index contributed by atoms with van der Waals surface area (Å²) >= 11 is 2.75. The Hall–Kier alpha value is -1.66. The van der Waals surface area contributed by atoms with Crippen LogP contribution in [0.3, 0.4) is 0 Å². The Labute approximate surface area is 119 Å². The third kappa shape index (κ3) is 2.85. The van der Waals surface area contributed by atoms with Crippen molar-refractivity contribution in [2.75, 3.05) is 20.0 Å². The van der Waals surface area contributed by atoms with E-state index < -0.39 is 5.97 Å². The van der Waals surface area contributed by atoms with Gasteiger partial charge in [-0.15, -0.1) is 11.3 Å². The molecule has 2 aromatic rings. The van der Waals surface area contributed by atoms with Crippen LogP contribution in [-0.2, 0) is 4.74 Å². The highest BCUT2D eigenvalue weighted by Gasteiger charge is 2.17. The van der Waals surface area contributed by atoms with Crippen molar-refractivity contribution in [2.45, 2.75) is 9.79 Å². The molecular weight excluding hydrogens is 282 g/mol. The average Bonchev–Trinajstić information content (AvgIpc) is 2.80. The fourth-order valence-corrected chi connectivity index (χ4v) is 3.52. The summed E-state index contributed by atoms with van der Waals surface area (Å²) in [7, 11) is 2.96. The van der Waals surface area contributed by atoms with Crippen molar-refractivity contribution in [1.29, 1.82) is 0 Å². The molecule has 1 heterocycles. The molecule has 0 aliphatic heterocycles. The van der Waals surface area contributed by atoms with E-state index in [0.29, 0.717) is 10.6 Å². The average molecular weight is 295 g/mol. The SMILES string of the molecule is COC(=O)c1scc(Sc2ccccc2OC)c1N. The molecule has 2 rings (SSSR count). The van der Waals surface area contributed by atoms with E-state index >= 15 is 0 Å². The van der Waals surface area contributed by atoms with E-state index in [2.05, 4.69) is 4.74 Å². The van der Waals surface area contributed by atoms with Gasteiger partial charge >= 0.3 is 5.97 Å². The number of esters is 1. The van der Waals surface area contributed by atoms with Gasteiger partial charge in [-0.1, -0.05) is 23.9 Å². The molecule has 0 saturated heterocycles. The van der Waals surface area contributed by atoms with Crippen LogP contribution >= 0.6 is 23.1 Å². The van der Waals surface area contributed by atoms with E-state index in [9.17, 15) is 4.79 Å². The number of hydrogen-bond donors (Lipinski definition) is 1. The number of nitrogens with two attached hydrogens (primary N) is 1. The fraction of sp³-hybridized carbons (Fsp3) is 0.154. The lowest BCUT2D eigenvalue weighted by Gasteiger charge is -2.07. The van der Waals surface area contributed by atoms with Gasteiger partial charge in [0, 0.05) is 10.3 Å². The molecule has 0 saturated carbocycles. The number of hydrogen-bond acceptors (Lipinski definition) is 6. The third-order valence-electron chi connectivity index (χ3n) is 2.45. The van der Waals surface area contributed by atoms with Crippen LogP contribution in [0.25, 0.3) is 0 Å². The van der Waals surface area contributed by atoms with Crippen molar-refractivity contribution in [3.63, 3.8) is 0 Å². The lowest BCUT2D eigenvalue weighted by atomic mass is 10.3. The van der Waals surface area contributed by atoms with Gasteiger partial charge in [-0.2, -0.15) is 0 Å². The van der Waals surface area contributed by atoms with Gasteiger partial charge in [-0.05, 0) is 12.1 Å². The Kier molecular flexibility index (Phi) is 4.34. The molecule has 0 spiro atoms. The second-order valence-corrected chi connectivity index (χ2v) is 5.55. The molecule has 0 atom stereocenters. The summed E-state index contributed by atoms with van der Waals surface area (Å²) in [6.45, 7) is 0. The lowest BCUT2D eigenvalue weighted by molar-refractivity contribution is 0.0607. The second kappa shape index (κ2) is 5.99. The molecule has 0 radical (unpaired) electrons. The van der Waals surface area contributed by atoms with Gasteiger partial charge in [0.1, 0.15) is 10.6 Å². The predicted molar refractivity (Wildman–Crippen MR) is 77.2 cm³/mol. The molecule has 2 N–H and O–H groups in total. The summed E-state index contributed by atoms with van der Waals surface area (Å²) in [5.41, 5.74) is 6.42. The Morgan fingerprint density at radius 1 is 1.26 bits per heavy atom. The minimum absolute atomic E-state index is 0.408. The monoisotopic (exact) mass is 295 g/mol. The minimum Gasteiger partial charge on any atom is -0.496 e. The van der Waals surface area contributed by atoms with Gasteiger partial charge < -0.3 is 15.2 Å². The second-order valence-electron chi connectivity index (χ2n) is 3.59. The van der Waals surface area contributed by atoms with Crippen molar-refractivity contribution in [3.8, 4) is 5.75 Å². The maximum atomic E-state index is 11.5. The van der Waals surface area contributed by atoms with Crippen LogP contribution in [0.15, 0.2) is 39.4 Å². The molecule has 0 fully saturated rings. The van der Waals surface area contributed by atoms with Crippen molar-refractivity contribution < 1.29 is 14.3 Å². The van der Waals surface area contributed by atoms with E-state index in [1.165, 1.54) is 30.2 Å². The molecule has 1 aromatic heterocycles. The van der Waals surface area contributed by atoms with Crippen molar-refractivity contribution in [1.82, 2.24) is 0 Å². The van der Waals surface area contributed by atoms with E-state index in [1.54, 1.807) is 7.11 Å². The minimum atomic E-state index is -0.408. The number of carbonyl (C=O) groups is 1. The summed E-state index contributed by atoms with van der Waals surface area (Å²) in [6, 6.07) is 7.65. The summed E-state index contributed by atoms with van der Waals surface area (Å²) in [6.07, 6.45) is 0. The first-order chi connectivity index (χ1) is 9.17. The van der Waals surface area contributed by atoms with Gasteiger partial charge in [-0.3, -0.25) is 0 Å². The molecule has 1 aromatic carbocycles. The first-order valence-corrected chi connectivity index (χ1v) is 7.13. The van der Waals surface area contributed by atoms with Crippen LogP contribution in [0.5, 0.6) is 5.75 Å². The fourth-order valence-electron chi connectivity index (χ4n) is 1.50. The van der Waals surface area contributed by atoms with E-state index in [0.717, 1.165) is 15.5 Å². The van der Waals surface area contributed by atoms with E-state index in [4.69, 9.17) is 10.5 Å². The third-order valence-corrected chi connectivity index (χ3v) is 4.69. The first-order valence-electron chi connectivity index (χ1n) is 5.43. The van der Waals surface area contributed by atoms with Gasteiger partial charge in [0.2, 0.25) is 0 Å². The molecular formula is C13H13NO3S2. The van der Waals surface area contributed by atoms with Crippen molar-refractivity contribution >= 4 is 34.8 Å². The number of nitrogen functional groups attached to an aromatic ring is 1. The molecule has 0 aliphatic rings. The van der Waals surface area contributed by atoms with E-state index in [1.807, 2.05) is 29.6 Å². The summed E-state index contributed by atoms with van der Waals surface area (Å²) in [5.74, 6) is 0.368. The van der Waals surface area contributed by atoms with Crippen LogP contribution in [0.4, 0.5) is 5.69 Å². The zero-order chi connectivity index (χ0) is 13.8. The molecule has 19 heavy (non-hydrogen) atoms. The maximum absolute atomic E-state index is 11.5. The first kappa shape index (κ1) is 13.8. The number of methoxy groups -OCH3 is 2. The highest BCUT2D eigenvalue weighted by Crippen LogP contribution is 2.41. The summed E-state index contributed by atoms with van der Waals surface area (Å²) in [4.78, 5) is 13.7. The largest absolute Gasteiger partial charge is 0.496 e. The van der Waals surface area contributed by atoms with Gasteiger partial charge in [0.25, 0.3) is 0 Å². The summed E-state index contributed by atoms with van der Waals surface area (Å²) in [5, 5.41) is 1.85. The topological polar surface area (TPSA) is 61.5 Å². The van der Waals surface area contributed by atoms with Crippen molar-refractivity contribution in [2.24, 2.45) is 0 Å². The number of carbonyl (C=O) groups excluding carboxylic acids is 1. The number of rotatable bonds is 4. The molecule has 0 unspecified atom stereocenters. The molecule has 0 amide bonds. The number of anilines is 1. The highest BCUT2D eigenvalue weighted by molar-refractivity contribution is 7.99. The van der Waals surface area contributed by atoms with Crippen LogP contribution in [-0.4, -0.2) is 20.2 Å². The number of ether oxygens (including phenoxy) is 2. The van der Waals surface area contributed by atoms with Gasteiger partial charge in [0.05, 0.1) is 24.8 Å². The van der Waals surface area contributed by atoms with Crippen molar-refractivity contribution in [3.05, 3.63) is 34.5 Å². The molecule has 100 valence electrons. The Bertz CT molecular complexity index is 595. The molecule has 0 aliphatic carbocycles. The van der Waals surface area contributed by atoms with Gasteiger partial charge in [0.15, 0.2) is 0 Å². The number of para-hydroxylation sites is 1. The normalized spacial score (nSPS) is 10.2. The standard InChI is InChI=1S/C13H13NO3S2/c1-16-8-5-3-4-6-9(8)19-10-7-18-12(11(10)14)13(15)17-2/h3-7H,14H2,1-2H3. The Morgan fingerprint density at radius 3 is 2.68 bits per heavy atom. The number of benzene rings is 1. The quantitative estimate of drug-likeness (QED) is 0.877. The van der Waals surface area contributed by atoms with Gasteiger partial charge in [-0.25, -0.2) is 4.79 Å². The van der Waals surface area contributed by atoms with Crippen LogP contribution in [0.1, 0.15) is 9.67 Å². The van der Waals surface area contributed by atoms with E-state index in [-0.39, 0.29) is 0 Å². The lowest BCUT2D eigenvalue weighted by Crippen LogP contribution is -2.01. The molecule has 6 heteroatoms. The summed E-state index contributed by atoms with van der Waals surface area (Å²) < 4.78 is 9.97. The zero-order valence-electron chi connectivity index (χ0n) is 10.5. The number of thiophene rings is 1. The zero-order valence-corrected chi connectivity index (χ0v) is 12.1. The predicted octanol–water partition coefficient (Wildman–Crippen LogP) is 3.28. The maximum Gasteiger partial charge on any atom is 0.350 e. The highest BCUT2D eigenvalue weighted by atomic mass is 32.2. The van der Waals surface area contributed by atoms with Crippen LogP contribution in [0, 0.1) is 0 Å². The molecule has 0 bridgehead atoms. The van der Waals surface area contributed by atoms with Crippen LogP contribution < -0.4 is 10.5 Å². The smallest absolute Gasteiger partial charge is 0.350 e. The molecule has 4 nitrogen and oxygen atoms in total.